The van der Waals surface area contributed by atoms with Crippen LogP contribution in [0.3, 0.4) is 0 Å². The van der Waals surface area contributed by atoms with Gasteiger partial charge in [0.25, 0.3) is 0 Å². The molecule has 0 bridgehead atoms. The number of benzene rings is 1. The van der Waals surface area contributed by atoms with E-state index in [4.69, 9.17) is 0 Å². The summed E-state index contributed by atoms with van der Waals surface area (Å²) in [6.07, 6.45) is 1.05. The van der Waals surface area contributed by atoms with Crippen molar-refractivity contribution < 1.29 is 13.6 Å². The van der Waals surface area contributed by atoms with Gasteiger partial charge in [-0.15, -0.1) is 0 Å². The van der Waals surface area contributed by atoms with Gasteiger partial charge in [-0.3, -0.25) is 10.1 Å². The quantitative estimate of drug-likeness (QED) is 0.909. The van der Waals surface area contributed by atoms with Gasteiger partial charge in [0.1, 0.15) is 23.3 Å². The summed E-state index contributed by atoms with van der Waals surface area (Å²) < 4.78 is 27.2. The summed E-state index contributed by atoms with van der Waals surface area (Å²) in [5.41, 5.74) is -0.277. The van der Waals surface area contributed by atoms with Crippen LogP contribution in [0.15, 0.2) is 18.2 Å². The molecule has 1 spiro atoms. The lowest BCUT2D eigenvalue weighted by Crippen LogP contribution is -2.38. The molecule has 114 valence electrons. The molecule has 1 unspecified atom stereocenters. The number of hydrogen-bond donors (Lipinski definition) is 1. The highest BCUT2D eigenvalue weighted by atomic mass is 19.1. The van der Waals surface area contributed by atoms with Gasteiger partial charge in [-0.05, 0) is 30.4 Å². The van der Waals surface area contributed by atoms with Gasteiger partial charge in [0.15, 0.2) is 0 Å². The number of nitrogens with one attached hydrogen (secondary N) is 1. The summed E-state index contributed by atoms with van der Waals surface area (Å²) in [4.78, 5) is 14.3. The standard InChI is InChI=1S/C16H20F2N2O/c1-15(2,3)9-20-13(19-16(6-7-16)14(20)21)11-5-4-10(17)8-12(11)18/h4-5,8,13,19H,6-7,9H2,1-3H3. The van der Waals surface area contributed by atoms with Crippen LogP contribution in [0.5, 0.6) is 0 Å². The lowest BCUT2D eigenvalue weighted by atomic mass is 9.95. The van der Waals surface area contributed by atoms with E-state index < -0.39 is 23.3 Å². The third kappa shape index (κ3) is 2.55. The Morgan fingerprint density at radius 1 is 1.33 bits per heavy atom. The second kappa shape index (κ2) is 4.50. The van der Waals surface area contributed by atoms with Crippen molar-refractivity contribution in [2.75, 3.05) is 6.54 Å². The van der Waals surface area contributed by atoms with E-state index in [0.29, 0.717) is 12.1 Å². The highest BCUT2D eigenvalue weighted by Crippen LogP contribution is 2.47. The molecule has 1 amide bonds. The molecule has 1 atom stereocenters. The molecule has 21 heavy (non-hydrogen) atoms. The van der Waals surface area contributed by atoms with Crippen molar-refractivity contribution in [1.29, 1.82) is 0 Å². The Kier molecular flexibility index (Phi) is 3.10. The number of carbonyl (C=O) groups excluding carboxylic acids is 1. The first-order valence-corrected chi connectivity index (χ1v) is 7.26. The zero-order chi connectivity index (χ0) is 15.4. The molecule has 1 saturated carbocycles. The van der Waals surface area contributed by atoms with Crippen molar-refractivity contribution in [3.05, 3.63) is 35.4 Å². The molecule has 1 heterocycles. The van der Waals surface area contributed by atoms with E-state index in [1.165, 1.54) is 12.1 Å². The molecule has 1 aromatic carbocycles. The molecule has 5 heteroatoms. The summed E-state index contributed by atoms with van der Waals surface area (Å²) in [5.74, 6) is -1.19. The monoisotopic (exact) mass is 294 g/mol. The lowest BCUT2D eigenvalue weighted by molar-refractivity contribution is -0.132. The third-order valence-corrected chi connectivity index (χ3v) is 4.05. The lowest BCUT2D eigenvalue weighted by Gasteiger charge is -2.31. The van der Waals surface area contributed by atoms with E-state index >= 15 is 0 Å². The second-order valence-electron chi connectivity index (χ2n) is 7.29. The topological polar surface area (TPSA) is 32.3 Å². The van der Waals surface area contributed by atoms with E-state index in [1.807, 2.05) is 20.8 Å². The summed E-state index contributed by atoms with van der Waals surface area (Å²) >= 11 is 0. The van der Waals surface area contributed by atoms with Crippen LogP contribution in [-0.2, 0) is 4.79 Å². The zero-order valence-electron chi connectivity index (χ0n) is 12.5. The number of hydrogen-bond acceptors (Lipinski definition) is 2. The molecule has 1 aliphatic carbocycles. The van der Waals surface area contributed by atoms with Gasteiger partial charge < -0.3 is 4.90 Å². The van der Waals surface area contributed by atoms with Crippen molar-refractivity contribution >= 4 is 5.91 Å². The van der Waals surface area contributed by atoms with Gasteiger partial charge in [0.05, 0.1) is 0 Å². The number of amides is 1. The number of halogens is 2. The van der Waals surface area contributed by atoms with Gasteiger partial charge in [-0.1, -0.05) is 20.8 Å². The van der Waals surface area contributed by atoms with Crippen molar-refractivity contribution in [3.8, 4) is 0 Å². The van der Waals surface area contributed by atoms with Gasteiger partial charge in [0, 0.05) is 18.2 Å². The first kappa shape index (κ1) is 14.4. The normalized spacial score (nSPS) is 24.0. The van der Waals surface area contributed by atoms with Crippen LogP contribution in [0.25, 0.3) is 0 Å². The average molecular weight is 294 g/mol. The van der Waals surface area contributed by atoms with Crippen molar-refractivity contribution in [2.24, 2.45) is 5.41 Å². The van der Waals surface area contributed by atoms with Crippen molar-refractivity contribution in [2.45, 2.75) is 45.3 Å². The van der Waals surface area contributed by atoms with E-state index in [1.54, 1.807) is 4.90 Å². The summed E-state index contributed by atoms with van der Waals surface area (Å²) in [6, 6.07) is 3.53. The summed E-state index contributed by atoms with van der Waals surface area (Å²) in [7, 11) is 0. The van der Waals surface area contributed by atoms with E-state index in [2.05, 4.69) is 5.32 Å². The molecular weight excluding hydrogens is 274 g/mol. The molecular formula is C16H20F2N2O. The SMILES string of the molecule is CC(C)(C)CN1C(=O)C2(CC2)NC1c1ccc(F)cc1F. The van der Waals surface area contributed by atoms with Crippen molar-refractivity contribution in [1.82, 2.24) is 10.2 Å². The molecule has 2 aliphatic rings. The van der Waals surface area contributed by atoms with E-state index in [9.17, 15) is 13.6 Å². The maximum atomic E-state index is 14.1. The fourth-order valence-electron chi connectivity index (χ4n) is 2.92. The Hall–Kier alpha value is -1.49. The predicted molar refractivity (Wildman–Crippen MR) is 75.4 cm³/mol. The molecule has 1 aliphatic heterocycles. The van der Waals surface area contributed by atoms with Crippen LogP contribution in [0.1, 0.15) is 45.3 Å². The second-order valence-corrected chi connectivity index (χ2v) is 7.29. The minimum absolute atomic E-state index is 0.0335. The molecule has 1 saturated heterocycles. The smallest absolute Gasteiger partial charge is 0.244 e. The zero-order valence-corrected chi connectivity index (χ0v) is 12.5. The molecule has 1 aromatic rings. The number of nitrogens with zero attached hydrogens (tertiary/aromatic N) is 1. The van der Waals surface area contributed by atoms with Crippen LogP contribution >= 0.6 is 0 Å². The van der Waals surface area contributed by atoms with Crippen LogP contribution in [0.4, 0.5) is 8.78 Å². The van der Waals surface area contributed by atoms with Crippen LogP contribution in [0.2, 0.25) is 0 Å². The Morgan fingerprint density at radius 2 is 2.00 bits per heavy atom. The number of rotatable bonds is 2. The fraction of sp³-hybridized carbons (Fsp3) is 0.562. The third-order valence-electron chi connectivity index (χ3n) is 4.05. The Labute approximate surface area is 123 Å². The van der Waals surface area contributed by atoms with Gasteiger partial charge in [-0.2, -0.15) is 0 Å². The van der Waals surface area contributed by atoms with Crippen LogP contribution in [-0.4, -0.2) is 22.9 Å². The average Bonchev–Trinajstić information content (AvgIpc) is 3.08. The minimum Gasteiger partial charge on any atom is -0.321 e. The molecule has 3 nitrogen and oxygen atoms in total. The first-order valence-electron chi connectivity index (χ1n) is 7.26. The molecule has 3 rings (SSSR count). The van der Waals surface area contributed by atoms with Crippen molar-refractivity contribution in [3.63, 3.8) is 0 Å². The fourth-order valence-corrected chi connectivity index (χ4v) is 2.92. The predicted octanol–water partition coefficient (Wildman–Crippen LogP) is 2.97. The summed E-state index contributed by atoms with van der Waals surface area (Å²) in [5, 5.41) is 3.25. The Morgan fingerprint density at radius 3 is 2.52 bits per heavy atom. The summed E-state index contributed by atoms with van der Waals surface area (Å²) in [6.45, 7) is 6.64. The number of carbonyl (C=O) groups is 1. The van der Waals surface area contributed by atoms with Gasteiger partial charge in [0.2, 0.25) is 5.91 Å². The minimum atomic E-state index is -0.614. The van der Waals surface area contributed by atoms with E-state index in [0.717, 1.165) is 18.9 Å². The van der Waals surface area contributed by atoms with E-state index in [-0.39, 0.29) is 11.3 Å². The largest absolute Gasteiger partial charge is 0.321 e. The highest BCUT2D eigenvalue weighted by molar-refractivity contribution is 5.92. The molecule has 2 fully saturated rings. The maximum absolute atomic E-state index is 14.1. The van der Waals surface area contributed by atoms with Crippen LogP contribution in [0, 0.1) is 17.0 Å². The molecule has 0 aromatic heterocycles. The maximum Gasteiger partial charge on any atom is 0.244 e. The van der Waals surface area contributed by atoms with Gasteiger partial charge in [-0.25, -0.2) is 8.78 Å². The molecule has 0 radical (unpaired) electrons. The van der Waals surface area contributed by atoms with Crippen LogP contribution < -0.4 is 5.32 Å². The highest BCUT2D eigenvalue weighted by Gasteiger charge is 2.59. The molecule has 1 N–H and O–H groups in total. The Balaban J connectivity index is 1.96. The van der Waals surface area contributed by atoms with Gasteiger partial charge >= 0.3 is 0 Å². The Bertz CT molecular complexity index is 590. The first-order chi connectivity index (χ1) is 9.72.